The van der Waals surface area contributed by atoms with Gasteiger partial charge in [-0.3, -0.25) is 0 Å². The number of benzene rings is 1. The number of aromatic nitrogens is 1. The van der Waals surface area contributed by atoms with Gasteiger partial charge in [0.25, 0.3) is 0 Å². The van der Waals surface area contributed by atoms with Gasteiger partial charge < -0.3 is 14.5 Å². The Morgan fingerprint density at radius 1 is 1.25 bits per heavy atom. The summed E-state index contributed by atoms with van der Waals surface area (Å²) in [5.74, 6) is 1.08. The Bertz CT molecular complexity index is 550. The van der Waals surface area contributed by atoms with E-state index in [2.05, 4.69) is 24.1 Å². The average Bonchev–Trinajstić information content (AvgIpc) is 2.74. The van der Waals surface area contributed by atoms with Crippen molar-refractivity contribution in [2.75, 3.05) is 6.54 Å². The molecule has 0 fully saturated rings. The molecule has 1 N–H and O–H groups in total. The minimum absolute atomic E-state index is 0.171. The molecular formula is C14H16Cl2N2O2. The first kappa shape index (κ1) is 15.2. The summed E-state index contributed by atoms with van der Waals surface area (Å²) in [5.41, 5.74) is 0.786. The molecule has 0 aliphatic heterocycles. The first-order valence-corrected chi connectivity index (χ1v) is 7.07. The molecule has 0 atom stereocenters. The summed E-state index contributed by atoms with van der Waals surface area (Å²) >= 11 is 11.8. The van der Waals surface area contributed by atoms with Gasteiger partial charge in [0.2, 0.25) is 0 Å². The standard InChI is InChI=1S/C14H16Cl2N2O2/c1-9(2)6-17-7-12-8-19-14(18-12)20-13-4-10(15)3-11(16)5-13/h3-5,8-9,17H,6-7H2,1-2H3. The quantitative estimate of drug-likeness (QED) is 0.851. The molecule has 1 aromatic carbocycles. The Labute approximate surface area is 128 Å². The molecule has 1 heterocycles. The Morgan fingerprint density at radius 3 is 2.60 bits per heavy atom. The van der Waals surface area contributed by atoms with Crippen molar-refractivity contribution in [1.82, 2.24) is 10.3 Å². The SMILES string of the molecule is CC(C)CNCc1coc(Oc2cc(Cl)cc(Cl)c2)n1. The highest BCUT2D eigenvalue weighted by Crippen LogP contribution is 2.27. The van der Waals surface area contributed by atoms with E-state index < -0.39 is 0 Å². The monoisotopic (exact) mass is 314 g/mol. The molecule has 0 saturated carbocycles. The number of oxazole rings is 1. The summed E-state index contributed by atoms with van der Waals surface area (Å²) in [6.45, 7) is 5.86. The van der Waals surface area contributed by atoms with E-state index in [0.29, 0.717) is 28.3 Å². The average molecular weight is 315 g/mol. The van der Waals surface area contributed by atoms with Gasteiger partial charge in [-0.05, 0) is 30.7 Å². The fraction of sp³-hybridized carbons (Fsp3) is 0.357. The third-order valence-corrected chi connectivity index (χ3v) is 2.87. The predicted octanol–water partition coefficient (Wildman–Crippen LogP) is 4.52. The number of nitrogens with one attached hydrogen (secondary N) is 1. The van der Waals surface area contributed by atoms with Crippen molar-refractivity contribution in [2.24, 2.45) is 5.92 Å². The minimum Gasteiger partial charge on any atom is -0.417 e. The molecule has 0 unspecified atom stereocenters. The van der Waals surface area contributed by atoms with Gasteiger partial charge in [0.15, 0.2) is 0 Å². The zero-order valence-electron chi connectivity index (χ0n) is 11.3. The maximum Gasteiger partial charge on any atom is 0.399 e. The summed E-state index contributed by atoms with van der Waals surface area (Å²) in [7, 11) is 0. The maximum atomic E-state index is 5.89. The predicted molar refractivity (Wildman–Crippen MR) is 79.6 cm³/mol. The Hall–Kier alpha value is -1.23. The molecule has 0 saturated heterocycles. The number of ether oxygens (including phenoxy) is 1. The van der Waals surface area contributed by atoms with Crippen molar-refractivity contribution in [3.63, 3.8) is 0 Å². The van der Waals surface area contributed by atoms with Crippen LogP contribution in [0.3, 0.4) is 0 Å². The Balaban J connectivity index is 1.95. The summed E-state index contributed by atoms with van der Waals surface area (Å²) < 4.78 is 10.7. The van der Waals surface area contributed by atoms with E-state index in [9.17, 15) is 0 Å². The summed E-state index contributed by atoms with van der Waals surface area (Å²) in [6, 6.07) is 4.93. The van der Waals surface area contributed by atoms with Crippen LogP contribution in [0, 0.1) is 5.92 Å². The van der Waals surface area contributed by atoms with E-state index in [1.807, 2.05) is 0 Å². The maximum absolute atomic E-state index is 5.89. The zero-order valence-corrected chi connectivity index (χ0v) is 12.8. The molecule has 0 spiro atoms. The van der Waals surface area contributed by atoms with Crippen molar-refractivity contribution >= 4 is 23.2 Å². The smallest absolute Gasteiger partial charge is 0.399 e. The van der Waals surface area contributed by atoms with Gasteiger partial charge in [-0.15, -0.1) is 0 Å². The van der Waals surface area contributed by atoms with Crippen LogP contribution in [0.5, 0.6) is 11.8 Å². The van der Waals surface area contributed by atoms with Crippen LogP contribution in [0.1, 0.15) is 19.5 Å². The largest absolute Gasteiger partial charge is 0.417 e. The third-order valence-electron chi connectivity index (χ3n) is 2.43. The molecule has 0 radical (unpaired) electrons. The summed E-state index contributed by atoms with van der Waals surface area (Å²) in [4.78, 5) is 4.22. The molecular weight excluding hydrogens is 299 g/mol. The third kappa shape index (κ3) is 4.71. The van der Waals surface area contributed by atoms with E-state index >= 15 is 0 Å². The van der Waals surface area contributed by atoms with Crippen molar-refractivity contribution in [3.8, 4) is 11.8 Å². The molecule has 108 valence electrons. The van der Waals surface area contributed by atoms with Crippen LogP contribution in [-0.4, -0.2) is 11.5 Å². The van der Waals surface area contributed by atoms with Crippen LogP contribution in [0.4, 0.5) is 0 Å². The van der Waals surface area contributed by atoms with Crippen LogP contribution >= 0.6 is 23.2 Å². The molecule has 2 rings (SSSR count). The number of hydrogen-bond acceptors (Lipinski definition) is 4. The number of rotatable bonds is 6. The van der Waals surface area contributed by atoms with Gasteiger partial charge in [-0.25, -0.2) is 0 Å². The molecule has 6 heteroatoms. The highest BCUT2D eigenvalue weighted by molar-refractivity contribution is 6.34. The molecule has 2 aromatic rings. The molecule has 0 aliphatic carbocycles. The molecule has 0 aliphatic rings. The second kappa shape index (κ2) is 6.97. The Morgan fingerprint density at radius 2 is 1.95 bits per heavy atom. The molecule has 1 aromatic heterocycles. The second-order valence-electron chi connectivity index (χ2n) is 4.84. The lowest BCUT2D eigenvalue weighted by atomic mass is 10.2. The summed E-state index contributed by atoms with van der Waals surface area (Å²) in [5, 5.41) is 4.27. The minimum atomic E-state index is 0.171. The van der Waals surface area contributed by atoms with Gasteiger partial charge in [-0.2, -0.15) is 4.98 Å². The van der Waals surface area contributed by atoms with Crippen molar-refractivity contribution in [1.29, 1.82) is 0 Å². The highest BCUT2D eigenvalue weighted by Gasteiger charge is 2.08. The van der Waals surface area contributed by atoms with Crippen LogP contribution < -0.4 is 10.1 Å². The van der Waals surface area contributed by atoms with E-state index in [0.717, 1.165) is 12.2 Å². The lowest BCUT2D eigenvalue weighted by Crippen LogP contribution is -2.19. The van der Waals surface area contributed by atoms with Gasteiger partial charge in [0.1, 0.15) is 12.0 Å². The van der Waals surface area contributed by atoms with E-state index in [-0.39, 0.29) is 6.08 Å². The second-order valence-corrected chi connectivity index (χ2v) is 5.71. The van der Waals surface area contributed by atoms with Crippen molar-refractivity contribution < 1.29 is 9.15 Å². The van der Waals surface area contributed by atoms with Crippen LogP contribution in [0.2, 0.25) is 10.0 Å². The fourth-order valence-electron chi connectivity index (χ4n) is 1.59. The van der Waals surface area contributed by atoms with Gasteiger partial charge >= 0.3 is 6.08 Å². The number of hydrogen-bond donors (Lipinski definition) is 1. The van der Waals surface area contributed by atoms with E-state index in [4.69, 9.17) is 32.4 Å². The first-order chi connectivity index (χ1) is 9.52. The lowest BCUT2D eigenvalue weighted by molar-refractivity contribution is 0.331. The van der Waals surface area contributed by atoms with Crippen molar-refractivity contribution in [3.05, 3.63) is 40.2 Å². The molecule has 4 nitrogen and oxygen atoms in total. The Kier molecular flexibility index (Phi) is 5.29. The fourth-order valence-corrected chi connectivity index (χ4v) is 2.10. The van der Waals surface area contributed by atoms with Gasteiger partial charge in [0.05, 0.1) is 5.69 Å². The topological polar surface area (TPSA) is 47.3 Å². The van der Waals surface area contributed by atoms with Crippen LogP contribution in [0.15, 0.2) is 28.9 Å². The van der Waals surface area contributed by atoms with Crippen LogP contribution in [0.25, 0.3) is 0 Å². The summed E-state index contributed by atoms with van der Waals surface area (Å²) in [6.07, 6.45) is 1.74. The first-order valence-electron chi connectivity index (χ1n) is 6.32. The number of halogens is 2. The van der Waals surface area contributed by atoms with E-state index in [1.54, 1.807) is 24.5 Å². The van der Waals surface area contributed by atoms with Crippen LogP contribution in [-0.2, 0) is 6.54 Å². The molecule has 0 amide bonds. The zero-order chi connectivity index (χ0) is 14.5. The molecule has 20 heavy (non-hydrogen) atoms. The van der Waals surface area contributed by atoms with Gasteiger partial charge in [0, 0.05) is 16.6 Å². The lowest BCUT2D eigenvalue weighted by Gasteiger charge is -2.04. The normalized spacial score (nSPS) is 11.1. The number of nitrogens with zero attached hydrogens (tertiary/aromatic N) is 1. The van der Waals surface area contributed by atoms with Gasteiger partial charge in [-0.1, -0.05) is 37.0 Å². The molecule has 0 bridgehead atoms. The van der Waals surface area contributed by atoms with Crippen molar-refractivity contribution in [2.45, 2.75) is 20.4 Å². The van der Waals surface area contributed by atoms with E-state index in [1.165, 1.54) is 0 Å². The highest BCUT2D eigenvalue weighted by atomic mass is 35.5.